The van der Waals surface area contributed by atoms with Crippen molar-refractivity contribution in [1.82, 2.24) is 5.32 Å². The van der Waals surface area contributed by atoms with Gasteiger partial charge in [0.2, 0.25) is 0 Å². The van der Waals surface area contributed by atoms with E-state index in [1.165, 1.54) is 11.1 Å². The molecule has 0 heterocycles. The zero-order valence-corrected chi connectivity index (χ0v) is 9.09. The highest BCUT2D eigenvalue weighted by molar-refractivity contribution is 5.24. The fourth-order valence-electron chi connectivity index (χ4n) is 1.35. The lowest BCUT2D eigenvalue weighted by molar-refractivity contribution is 0.623. The number of nitrogens with one attached hydrogen (secondary N) is 1. The molecule has 1 heteroatoms. The highest BCUT2D eigenvalue weighted by Gasteiger charge is 2.02. The van der Waals surface area contributed by atoms with E-state index in [9.17, 15) is 0 Å². The van der Waals surface area contributed by atoms with Gasteiger partial charge in [0.15, 0.2) is 0 Å². The zero-order valence-electron chi connectivity index (χ0n) is 9.09. The van der Waals surface area contributed by atoms with Crippen LogP contribution in [0.4, 0.5) is 0 Å². The van der Waals surface area contributed by atoms with Crippen molar-refractivity contribution in [1.29, 1.82) is 0 Å². The van der Waals surface area contributed by atoms with E-state index in [0.717, 1.165) is 6.54 Å². The summed E-state index contributed by atoms with van der Waals surface area (Å²) in [5.74, 6) is 5.88. The van der Waals surface area contributed by atoms with Crippen LogP contribution in [0, 0.1) is 18.8 Å². The summed E-state index contributed by atoms with van der Waals surface area (Å²) in [6, 6.07) is 8.92. The van der Waals surface area contributed by atoms with Gasteiger partial charge in [0.1, 0.15) is 0 Å². The highest BCUT2D eigenvalue weighted by Crippen LogP contribution is 2.12. The lowest BCUT2D eigenvalue weighted by Gasteiger charge is -2.12. The molecule has 1 aromatic carbocycles. The Labute approximate surface area is 86.5 Å². The molecule has 1 atom stereocenters. The van der Waals surface area contributed by atoms with E-state index in [1.54, 1.807) is 0 Å². The molecule has 0 amide bonds. The van der Waals surface area contributed by atoms with Crippen molar-refractivity contribution in [3.05, 3.63) is 35.4 Å². The number of hydrogen-bond donors (Lipinski definition) is 1. The Kier molecular flexibility index (Phi) is 4.22. The fraction of sp³-hybridized carbons (Fsp3) is 0.385. The number of aryl methyl sites for hydroxylation is 1. The normalized spacial score (nSPS) is 11.6. The van der Waals surface area contributed by atoms with Crippen LogP contribution in [0.1, 0.15) is 31.0 Å². The van der Waals surface area contributed by atoms with Crippen LogP contribution in [0.3, 0.4) is 0 Å². The minimum Gasteiger partial charge on any atom is -0.300 e. The summed E-state index contributed by atoms with van der Waals surface area (Å²) in [6.07, 6.45) is 0. The molecule has 0 unspecified atom stereocenters. The van der Waals surface area contributed by atoms with Crippen LogP contribution < -0.4 is 5.32 Å². The average molecular weight is 187 g/mol. The van der Waals surface area contributed by atoms with Crippen molar-refractivity contribution in [2.45, 2.75) is 26.8 Å². The third-order valence-electron chi connectivity index (χ3n) is 2.22. The second-order valence-electron chi connectivity index (χ2n) is 3.44. The van der Waals surface area contributed by atoms with Crippen LogP contribution in [-0.2, 0) is 0 Å². The zero-order chi connectivity index (χ0) is 10.4. The van der Waals surface area contributed by atoms with Crippen molar-refractivity contribution in [3.8, 4) is 11.8 Å². The van der Waals surface area contributed by atoms with Gasteiger partial charge in [-0.15, -0.1) is 5.92 Å². The van der Waals surface area contributed by atoms with Gasteiger partial charge in [-0.1, -0.05) is 35.7 Å². The number of rotatable bonds is 3. The first-order chi connectivity index (χ1) is 6.74. The van der Waals surface area contributed by atoms with Crippen molar-refractivity contribution in [2.24, 2.45) is 0 Å². The molecule has 0 bridgehead atoms. The van der Waals surface area contributed by atoms with Gasteiger partial charge >= 0.3 is 0 Å². The molecule has 0 saturated heterocycles. The van der Waals surface area contributed by atoms with E-state index in [-0.39, 0.29) is 0 Å². The van der Waals surface area contributed by atoms with Gasteiger partial charge in [0.25, 0.3) is 0 Å². The first-order valence-electron chi connectivity index (χ1n) is 4.93. The Balaban J connectivity index is 2.58. The van der Waals surface area contributed by atoms with Crippen molar-refractivity contribution >= 4 is 0 Å². The minimum absolute atomic E-state index is 0.371. The van der Waals surface area contributed by atoms with Crippen LogP contribution in [0.5, 0.6) is 0 Å². The topological polar surface area (TPSA) is 12.0 Å². The van der Waals surface area contributed by atoms with E-state index < -0.39 is 0 Å². The predicted molar refractivity (Wildman–Crippen MR) is 61.0 cm³/mol. The molecule has 14 heavy (non-hydrogen) atoms. The first kappa shape index (κ1) is 10.8. The summed E-state index contributed by atoms with van der Waals surface area (Å²) in [4.78, 5) is 0. The minimum atomic E-state index is 0.371. The summed E-state index contributed by atoms with van der Waals surface area (Å²) in [7, 11) is 0. The molecule has 1 aromatic rings. The van der Waals surface area contributed by atoms with E-state index in [2.05, 4.69) is 55.3 Å². The van der Waals surface area contributed by atoms with Gasteiger partial charge in [-0.2, -0.15) is 0 Å². The fourth-order valence-corrected chi connectivity index (χ4v) is 1.35. The quantitative estimate of drug-likeness (QED) is 0.717. The van der Waals surface area contributed by atoms with Gasteiger partial charge in [-0.05, 0) is 26.3 Å². The highest BCUT2D eigenvalue weighted by atomic mass is 14.9. The molecule has 0 aliphatic rings. The molecule has 0 spiro atoms. The maximum absolute atomic E-state index is 3.35. The second kappa shape index (κ2) is 5.47. The standard InChI is InChI=1S/C13H17N/c1-4-5-9-14-12(3)13-8-6-7-11(2)10-13/h6-8,10,12,14H,9H2,1-3H3/t12-/m1/s1. The maximum atomic E-state index is 3.35. The van der Waals surface area contributed by atoms with Gasteiger partial charge in [-0.3, -0.25) is 5.32 Å². The van der Waals surface area contributed by atoms with Crippen molar-refractivity contribution in [2.75, 3.05) is 6.54 Å². The van der Waals surface area contributed by atoms with Gasteiger partial charge < -0.3 is 0 Å². The number of benzene rings is 1. The summed E-state index contributed by atoms with van der Waals surface area (Å²) in [5, 5.41) is 3.35. The van der Waals surface area contributed by atoms with Crippen LogP contribution in [0.2, 0.25) is 0 Å². The molecule has 1 N–H and O–H groups in total. The summed E-state index contributed by atoms with van der Waals surface area (Å²) < 4.78 is 0. The molecule has 74 valence electrons. The smallest absolute Gasteiger partial charge is 0.0581 e. The van der Waals surface area contributed by atoms with Crippen LogP contribution in [-0.4, -0.2) is 6.54 Å². The van der Waals surface area contributed by atoms with Crippen LogP contribution >= 0.6 is 0 Å². The molecule has 0 aliphatic carbocycles. The molecule has 0 aromatic heterocycles. The molecule has 0 radical (unpaired) electrons. The Morgan fingerprint density at radius 1 is 1.43 bits per heavy atom. The first-order valence-corrected chi connectivity index (χ1v) is 4.93. The Morgan fingerprint density at radius 3 is 2.86 bits per heavy atom. The molecular formula is C13H17N. The van der Waals surface area contributed by atoms with E-state index in [1.807, 2.05) is 6.92 Å². The molecule has 1 nitrogen and oxygen atoms in total. The largest absolute Gasteiger partial charge is 0.300 e. The summed E-state index contributed by atoms with van der Waals surface area (Å²) in [5.41, 5.74) is 2.63. The van der Waals surface area contributed by atoms with Gasteiger partial charge in [-0.25, -0.2) is 0 Å². The lowest BCUT2D eigenvalue weighted by Crippen LogP contribution is -2.18. The Bertz CT molecular complexity index is 344. The molecule has 1 rings (SSSR count). The van der Waals surface area contributed by atoms with Crippen LogP contribution in [0.15, 0.2) is 24.3 Å². The summed E-state index contributed by atoms with van der Waals surface area (Å²) in [6.45, 7) is 6.89. The average Bonchev–Trinajstić information content (AvgIpc) is 2.18. The monoisotopic (exact) mass is 187 g/mol. The lowest BCUT2D eigenvalue weighted by atomic mass is 10.1. The van der Waals surface area contributed by atoms with Crippen LogP contribution in [0.25, 0.3) is 0 Å². The molecule has 0 aliphatic heterocycles. The Hall–Kier alpha value is -1.26. The van der Waals surface area contributed by atoms with Gasteiger partial charge in [0.05, 0.1) is 6.54 Å². The predicted octanol–water partition coefficient (Wildman–Crippen LogP) is 2.67. The maximum Gasteiger partial charge on any atom is 0.0581 e. The van der Waals surface area contributed by atoms with E-state index in [0.29, 0.717) is 6.04 Å². The molecular weight excluding hydrogens is 170 g/mol. The SMILES string of the molecule is CC#CCN[C@H](C)c1cccc(C)c1. The third-order valence-corrected chi connectivity index (χ3v) is 2.22. The van der Waals surface area contributed by atoms with Crippen molar-refractivity contribution < 1.29 is 0 Å². The third kappa shape index (κ3) is 3.24. The van der Waals surface area contributed by atoms with Crippen molar-refractivity contribution in [3.63, 3.8) is 0 Å². The summed E-state index contributed by atoms with van der Waals surface area (Å²) >= 11 is 0. The Morgan fingerprint density at radius 2 is 2.21 bits per heavy atom. The molecule has 0 fully saturated rings. The number of hydrogen-bond acceptors (Lipinski definition) is 1. The molecule has 0 saturated carbocycles. The van der Waals surface area contributed by atoms with Gasteiger partial charge in [0, 0.05) is 6.04 Å². The van der Waals surface area contributed by atoms with E-state index >= 15 is 0 Å². The van der Waals surface area contributed by atoms with E-state index in [4.69, 9.17) is 0 Å². The second-order valence-corrected chi connectivity index (χ2v) is 3.44.